The van der Waals surface area contributed by atoms with Gasteiger partial charge in [-0.25, -0.2) is 4.68 Å². The number of aryl methyl sites for hydroxylation is 1. The molecule has 1 heterocycles. The maximum Gasteiger partial charge on any atom is 0.336 e. The molecule has 1 amide bonds. The number of amides is 1. The van der Waals surface area contributed by atoms with E-state index in [1.54, 1.807) is 16.8 Å². The van der Waals surface area contributed by atoms with Crippen LogP contribution in [-0.4, -0.2) is 41.5 Å². The molecule has 134 valence electrons. The van der Waals surface area contributed by atoms with E-state index in [1.807, 2.05) is 43.3 Å². The van der Waals surface area contributed by atoms with Gasteiger partial charge in [0.15, 0.2) is 5.82 Å². The number of hydrogen-bond acceptors (Lipinski definition) is 5. The van der Waals surface area contributed by atoms with Crippen LogP contribution in [0, 0.1) is 6.92 Å². The van der Waals surface area contributed by atoms with Gasteiger partial charge in [0.2, 0.25) is 5.91 Å². The highest BCUT2D eigenvalue weighted by Gasteiger charge is 2.15. The van der Waals surface area contributed by atoms with Gasteiger partial charge in [-0.15, -0.1) is 5.10 Å². The number of anilines is 1. The van der Waals surface area contributed by atoms with Crippen LogP contribution in [0.1, 0.15) is 5.56 Å². The zero-order valence-electron chi connectivity index (χ0n) is 14.9. The maximum atomic E-state index is 11.6. The van der Waals surface area contributed by atoms with Gasteiger partial charge < -0.3 is 14.8 Å². The molecular weight excluding hydrogens is 332 g/mol. The first kappa shape index (κ1) is 17.6. The third-order valence-electron chi connectivity index (χ3n) is 3.83. The summed E-state index contributed by atoms with van der Waals surface area (Å²) in [5.74, 6) is 0.486. The first-order valence-corrected chi connectivity index (χ1v) is 8.08. The van der Waals surface area contributed by atoms with Crippen molar-refractivity contribution in [1.82, 2.24) is 14.8 Å². The van der Waals surface area contributed by atoms with Crippen LogP contribution < -0.4 is 10.1 Å². The Morgan fingerprint density at radius 3 is 2.50 bits per heavy atom. The molecule has 26 heavy (non-hydrogen) atoms. The summed E-state index contributed by atoms with van der Waals surface area (Å²) in [6, 6.07) is 15.6. The average molecular weight is 352 g/mol. The molecule has 3 rings (SSSR count). The fourth-order valence-electron chi connectivity index (χ4n) is 2.57. The molecule has 0 atom stereocenters. The number of nitrogens with one attached hydrogen (secondary N) is 1. The molecule has 0 radical (unpaired) electrons. The molecule has 3 aromatic rings. The molecule has 1 aromatic heterocycles. The van der Waals surface area contributed by atoms with Gasteiger partial charge in [-0.1, -0.05) is 24.3 Å². The lowest BCUT2D eigenvalue weighted by atomic mass is 10.1. The normalized spacial score (nSPS) is 10.6. The third kappa shape index (κ3) is 3.73. The Bertz CT molecular complexity index is 903. The average Bonchev–Trinajstić information content (AvgIpc) is 3.07. The van der Waals surface area contributed by atoms with Crippen molar-refractivity contribution in [2.75, 3.05) is 26.1 Å². The van der Waals surface area contributed by atoms with Crippen LogP contribution in [0.5, 0.6) is 6.01 Å². The summed E-state index contributed by atoms with van der Waals surface area (Å²) in [4.78, 5) is 16.1. The second-order valence-electron chi connectivity index (χ2n) is 5.68. The topological polar surface area (TPSA) is 78.3 Å². The van der Waals surface area contributed by atoms with Gasteiger partial charge >= 0.3 is 6.01 Å². The van der Waals surface area contributed by atoms with Crippen molar-refractivity contribution in [3.8, 4) is 23.1 Å². The van der Waals surface area contributed by atoms with Crippen LogP contribution in [0.4, 0.5) is 5.69 Å². The molecule has 7 heteroatoms. The lowest BCUT2D eigenvalue weighted by molar-refractivity contribution is -0.119. The number of methoxy groups -OCH3 is 2. The van der Waals surface area contributed by atoms with E-state index in [4.69, 9.17) is 9.47 Å². The molecule has 0 fully saturated rings. The van der Waals surface area contributed by atoms with Crippen LogP contribution >= 0.6 is 0 Å². The predicted octanol–water partition coefficient (Wildman–Crippen LogP) is 2.84. The van der Waals surface area contributed by atoms with E-state index in [9.17, 15) is 4.79 Å². The number of nitrogens with zero attached hydrogens (tertiary/aromatic N) is 3. The number of hydrogen-bond donors (Lipinski definition) is 1. The van der Waals surface area contributed by atoms with Gasteiger partial charge in [0.25, 0.3) is 0 Å². The zero-order valence-corrected chi connectivity index (χ0v) is 14.9. The minimum absolute atomic E-state index is 0.0134. The van der Waals surface area contributed by atoms with Crippen LogP contribution in [0.15, 0.2) is 48.5 Å². The highest BCUT2D eigenvalue weighted by molar-refractivity contribution is 5.91. The molecule has 0 unspecified atom stereocenters. The van der Waals surface area contributed by atoms with Crippen molar-refractivity contribution in [1.29, 1.82) is 0 Å². The molecule has 0 saturated carbocycles. The lowest BCUT2D eigenvalue weighted by Crippen LogP contribution is -2.17. The zero-order chi connectivity index (χ0) is 18.5. The quantitative estimate of drug-likeness (QED) is 0.738. The lowest BCUT2D eigenvalue weighted by Gasteiger charge is -2.09. The van der Waals surface area contributed by atoms with Gasteiger partial charge in [-0.2, -0.15) is 4.98 Å². The minimum Gasteiger partial charge on any atom is -0.466 e. The summed E-state index contributed by atoms with van der Waals surface area (Å²) in [7, 11) is 3.02. The molecule has 0 spiro atoms. The predicted molar refractivity (Wildman–Crippen MR) is 98.6 cm³/mol. The van der Waals surface area contributed by atoms with E-state index in [0.29, 0.717) is 17.5 Å². The Morgan fingerprint density at radius 1 is 1.12 bits per heavy atom. The molecular formula is C19H20N4O3. The maximum absolute atomic E-state index is 11.6. The Balaban J connectivity index is 1.95. The first-order valence-electron chi connectivity index (χ1n) is 8.08. The van der Waals surface area contributed by atoms with Gasteiger partial charge in [-0.3, -0.25) is 4.79 Å². The smallest absolute Gasteiger partial charge is 0.336 e. The first-order chi connectivity index (χ1) is 12.6. The van der Waals surface area contributed by atoms with E-state index in [2.05, 4.69) is 15.4 Å². The van der Waals surface area contributed by atoms with Gasteiger partial charge in [-0.05, 0) is 36.8 Å². The minimum atomic E-state index is -0.205. The number of carbonyl (C=O) groups excluding carboxylic acids is 1. The van der Waals surface area contributed by atoms with Crippen molar-refractivity contribution in [2.24, 2.45) is 0 Å². The van der Waals surface area contributed by atoms with Gasteiger partial charge in [0, 0.05) is 18.4 Å². The summed E-state index contributed by atoms with van der Waals surface area (Å²) in [6.45, 7) is 2.04. The van der Waals surface area contributed by atoms with Crippen LogP contribution in [0.2, 0.25) is 0 Å². The number of ether oxygens (including phenoxy) is 2. The van der Waals surface area contributed by atoms with Crippen molar-refractivity contribution in [3.63, 3.8) is 0 Å². The van der Waals surface area contributed by atoms with E-state index < -0.39 is 0 Å². The van der Waals surface area contributed by atoms with Crippen LogP contribution in [-0.2, 0) is 9.53 Å². The Morgan fingerprint density at radius 2 is 1.85 bits per heavy atom. The molecule has 1 N–H and O–H groups in total. The Hall–Kier alpha value is -3.19. The number of aromatic nitrogens is 3. The van der Waals surface area contributed by atoms with Crippen molar-refractivity contribution in [3.05, 3.63) is 54.1 Å². The number of rotatable bonds is 6. The third-order valence-corrected chi connectivity index (χ3v) is 3.83. The number of carbonyl (C=O) groups is 1. The van der Waals surface area contributed by atoms with Gasteiger partial charge in [0.1, 0.15) is 6.61 Å². The van der Waals surface area contributed by atoms with Crippen LogP contribution in [0.25, 0.3) is 17.1 Å². The SMILES string of the molecule is COCC(=O)Nc1ccc(-n2nc(OC)nc2-c2ccccc2C)cc1. The molecule has 7 nitrogen and oxygen atoms in total. The molecule has 2 aromatic carbocycles. The second kappa shape index (κ2) is 7.79. The molecule has 0 bridgehead atoms. The number of benzene rings is 2. The van der Waals surface area contributed by atoms with E-state index in [-0.39, 0.29) is 12.5 Å². The summed E-state index contributed by atoms with van der Waals surface area (Å²) in [6.07, 6.45) is 0. The fourth-order valence-corrected chi connectivity index (χ4v) is 2.57. The molecule has 0 aliphatic rings. The molecule has 0 saturated heterocycles. The van der Waals surface area contributed by atoms with Crippen LogP contribution in [0.3, 0.4) is 0 Å². The Labute approximate surface area is 151 Å². The van der Waals surface area contributed by atoms with Crippen molar-refractivity contribution < 1.29 is 14.3 Å². The summed E-state index contributed by atoms with van der Waals surface area (Å²) in [5.41, 5.74) is 3.55. The van der Waals surface area contributed by atoms with E-state index >= 15 is 0 Å². The van der Waals surface area contributed by atoms with Crippen molar-refractivity contribution in [2.45, 2.75) is 6.92 Å². The standard InChI is InChI=1S/C19H20N4O3/c1-13-6-4-5-7-16(13)18-21-19(26-3)22-23(18)15-10-8-14(9-11-15)20-17(24)12-25-2/h4-11H,12H2,1-3H3,(H,20,24). The second-order valence-corrected chi connectivity index (χ2v) is 5.68. The largest absolute Gasteiger partial charge is 0.466 e. The van der Waals surface area contributed by atoms with E-state index in [1.165, 1.54) is 14.2 Å². The highest BCUT2D eigenvalue weighted by Crippen LogP contribution is 2.26. The highest BCUT2D eigenvalue weighted by atomic mass is 16.5. The Kier molecular flexibility index (Phi) is 5.28. The molecule has 0 aliphatic heterocycles. The van der Waals surface area contributed by atoms with E-state index in [0.717, 1.165) is 16.8 Å². The molecule has 0 aliphatic carbocycles. The summed E-state index contributed by atoms with van der Waals surface area (Å²) < 4.78 is 11.7. The van der Waals surface area contributed by atoms with Crippen molar-refractivity contribution >= 4 is 11.6 Å². The fraction of sp³-hybridized carbons (Fsp3) is 0.211. The van der Waals surface area contributed by atoms with Gasteiger partial charge in [0.05, 0.1) is 12.8 Å². The summed E-state index contributed by atoms with van der Waals surface area (Å²) in [5, 5.41) is 7.17. The summed E-state index contributed by atoms with van der Waals surface area (Å²) >= 11 is 0. The monoisotopic (exact) mass is 352 g/mol.